The van der Waals surface area contributed by atoms with Crippen molar-refractivity contribution in [3.8, 4) is 0 Å². The summed E-state index contributed by atoms with van der Waals surface area (Å²) < 4.78 is 12.3. The third kappa shape index (κ3) is 49.2. The van der Waals surface area contributed by atoms with Gasteiger partial charge in [-0.1, -0.05) is 99.7 Å². The number of nitrogens with zero attached hydrogens (tertiary/aromatic N) is 7. The van der Waals surface area contributed by atoms with Crippen molar-refractivity contribution < 1.29 is 37.9 Å². The Morgan fingerprint density at radius 2 is 0.988 bits per heavy atom. The Balaban J connectivity index is -0.000000630. The molecule has 0 aromatic carbocycles. The Bertz CT molecular complexity index is 1530. The minimum atomic E-state index is -0.861. The molecule has 0 bridgehead atoms. The van der Waals surface area contributed by atoms with E-state index in [4.69, 9.17) is 93.2 Å². The first-order valence-electron chi connectivity index (χ1n) is 31.0. The van der Waals surface area contributed by atoms with Gasteiger partial charge in [-0.15, -0.1) is 0 Å². The molecule has 0 saturated heterocycles. The maximum Gasteiger partial charge on any atom is 1.00 e. The van der Waals surface area contributed by atoms with E-state index in [1.807, 2.05) is 46.4 Å². The van der Waals surface area contributed by atoms with Crippen molar-refractivity contribution in [2.75, 3.05) is 202 Å². The van der Waals surface area contributed by atoms with Gasteiger partial charge in [0.1, 0.15) is 20.0 Å². The number of thiocarbonyl (C=S) groups is 3. The average molecular weight is 1280 g/mol. The van der Waals surface area contributed by atoms with Gasteiger partial charge >= 0.3 is 30.8 Å². The van der Waals surface area contributed by atoms with Crippen LogP contribution in [0.3, 0.4) is 0 Å². The van der Waals surface area contributed by atoms with Crippen molar-refractivity contribution in [1.82, 2.24) is 44.9 Å². The first kappa shape index (κ1) is 89.1. The molecule has 19 nitrogen and oxygen atoms in total. The maximum atomic E-state index is 13.1. The first-order valence-corrected chi connectivity index (χ1v) is 34.5. The molecule has 488 valence electrons. The smallest absolute Gasteiger partial charge is 0.465 e. The molecule has 0 aliphatic carbocycles. The van der Waals surface area contributed by atoms with E-state index in [9.17, 15) is 9.59 Å². The van der Waals surface area contributed by atoms with Crippen LogP contribution < -0.4 is 63.9 Å². The molecule has 2 atom stereocenters. The number of esters is 2. The predicted octanol–water partition coefficient (Wildman–Crippen LogP) is 1.25. The molecule has 0 radical (unpaired) electrons. The van der Waals surface area contributed by atoms with Gasteiger partial charge in [0.2, 0.25) is 0 Å². The van der Waals surface area contributed by atoms with Crippen LogP contribution in [0.25, 0.3) is 0 Å². The number of hydrogen-bond donors (Lipinski definition) is 8. The quantitative estimate of drug-likeness (QED) is 0.0140. The van der Waals surface area contributed by atoms with Crippen molar-refractivity contribution in [2.24, 2.45) is 46.2 Å². The Labute approximate surface area is 550 Å². The van der Waals surface area contributed by atoms with E-state index in [1.54, 1.807) is 0 Å². The summed E-state index contributed by atoms with van der Waals surface area (Å²) in [5.74, 6) is 0.172. The van der Waals surface area contributed by atoms with Crippen molar-refractivity contribution in [1.29, 1.82) is 0 Å². The molecule has 0 aromatic heterocycles. The second kappa shape index (κ2) is 61.9. The number of rotatable bonds is 50. The molecule has 0 spiro atoms. The van der Waals surface area contributed by atoms with Gasteiger partial charge in [0.15, 0.2) is 0 Å². The number of carbonyl (C=O) groups excluding carboxylic acids is 2. The standard InChI is InChI=1S/C25H64N12.C24H44N2O4S4.C8H17NS2.Li/c26-4-2-1-3-14-34(22-24-36(17-8-30)18-9-31)23-25-37(20-11-32-10-5-27)21-13-33-12-19-35(15-6-28)16-7-29;1-9-25(10-2)22(31)33-17-16-30-21(28)24(8,34-23(32)26(11-3)12-4)14-13-15-29-20(27)19(7)18(5)6;1-3-5-7-9(6-4-2)8(10)11;/h32-33H,1-31H2;18-19H,9-17H2,1-8H3;3-7H2,1-2H3,(H,10,11);/q;;;+1/p-1. The molecule has 0 aliphatic heterocycles. The summed E-state index contributed by atoms with van der Waals surface area (Å²) in [6.07, 6.45) is 8.04. The largest absolute Gasteiger partial charge is 1.00 e. The molecule has 0 rings (SSSR count). The zero-order chi connectivity index (χ0) is 62.4. The number of carbonyl (C=O) groups is 2. The molecular weight excluding hydrogens is 1160 g/mol. The molecule has 2 unspecified atom stereocenters. The number of unbranched alkanes of at least 4 members (excludes halogenated alkanes) is 3. The van der Waals surface area contributed by atoms with Gasteiger partial charge in [-0.05, 0) is 92.2 Å². The first-order chi connectivity index (χ1) is 39.3. The average Bonchev–Trinajstić information content (AvgIpc) is 3.48. The van der Waals surface area contributed by atoms with E-state index in [0.29, 0.717) is 60.0 Å². The van der Waals surface area contributed by atoms with Crippen molar-refractivity contribution in [3.63, 3.8) is 0 Å². The maximum absolute atomic E-state index is 13.1. The molecule has 0 fully saturated rings. The van der Waals surface area contributed by atoms with Crippen LogP contribution in [-0.2, 0) is 31.7 Å². The Morgan fingerprint density at radius 3 is 1.42 bits per heavy atom. The van der Waals surface area contributed by atoms with Crippen LogP contribution in [0.1, 0.15) is 121 Å². The van der Waals surface area contributed by atoms with Crippen molar-refractivity contribution >= 4 is 97.7 Å². The number of hydrogen-bond acceptors (Lipinski definition) is 22. The molecule has 83 heavy (non-hydrogen) atoms. The fourth-order valence-electron chi connectivity index (χ4n) is 8.18. The summed E-state index contributed by atoms with van der Waals surface area (Å²) in [6, 6.07) is 0. The zero-order valence-electron chi connectivity index (χ0n) is 54.4. The third-order valence-corrected chi connectivity index (χ3v) is 17.6. The summed E-state index contributed by atoms with van der Waals surface area (Å²) >= 11 is 23.8. The van der Waals surface area contributed by atoms with E-state index >= 15 is 0 Å². The van der Waals surface area contributed by atoms with E-state index in [1.165, 1.54) is 49.2 Å². The van der Waals surface area contributed by atoms with Crippen molar-refractivity contribution in [2.45, 2.75) is 125 Å². The van der Waals surface area contributed by atoms with Gasteiger partial charge in [0.05, 0.1) is 12.5 Å². The molecule has 26 heteroatoms. The normalized spacial score (nSPS) is 12.3. The Hall–Kier alpha value is -0.353. The van der Waals surface area contributed by atoms with E-state index < -0.39 is 4.75 Å². The summed E-state index contributed by atoms with van der Waals surface area (Å²) in [7, 11) is 0. The summed E-state index contributed by atoms with van der Waals surface area (Å²) in [5.41, 5.74) is 34.4. The topological polar surface area (TPSA) is 255 Å². The van der Waals surface area contributed by atoms with Gasteiger partial charge in [0.25, 0.3) is 0 Å². The van der Waals surface area contributed by atoms with Gasteiger partial charge in [-0.2, -0.15) is 0 Å². The van der Waals surface area contributed by atoms with E-state index in [0.717, 1.165) is 168 Å². The monoisotopic (exact) mass is 1280 g/mol. The van der Waals surface area contributed by atoms with Crippen LogP contribution >= 0.6 is 60.2 Å². The molecule has 0 amide bonds. The third-order valence-electron chi connectivity index (χ3n) is 13.8. The fraction of sp³-hybridized carbons (Fsp3) is 0.912. The summed E-state index contributed by atoms with van der Waals surface area (Å²) in [5, 5.41) is 7.05. The minimum absolute atomic E-state index is 0. The minimum Gasteiger partial charge on any atom is -0.465 e. The number of nitrogens with two attached hydrogens (primary N) is 6. The van der Waals surface area contributed by atoms with Gasteiger partial charge in [-0.25, -0.2) is 0 Å². The second-order valence-corrected chi connectivity index (χ2v) is 25.7. The number of ether oxygens (including phenoxy) is 2. The van der Waals surface area contributed by atoms with Crippen LogP contribution in [0, 0.1) is 11.8 Å². The Morgan fingerprint density at radius 1 is 0.518 bits per heavy atom. The van der Waals surface area contributed by atoms with E-state index in [-0.39, 0.29) is 55.8 Å². The fourth-order valence-corrected chi connectivity index (χ4v) is 11.8. The van der Waals surface area contributed by atoms with Crippen LogP contribution in [0.15, 0.2) is 0 Å². The van der Waals surface area contributed by atoms with Gasteiger partial charge in [0, 0.05) is 176 Å². The molecule has 0 aliphatic rings. The van der Waals surface area contributed by atoms with Crippen LogP contribution in [0.5, 0.6) is 0 Å². The predicted molar refractivity (Wildman–Crippen MR) is 371 cm³/mol. The summed E-state index contributed by atoms with van der Waals surface area (Å²) in [4.78, 5) is 41.4. The van der Waals surface area contributed by atoms with Crippen LogP contribution in [0.4, 0.5) is 0 Å². The zero-order valence-corrected chi connectivity index (χ0v) is 59.3. The van der Waals surface area contributed by atoms with Crippen LogP contribution in [0.2, 0.25) is 0 Å². The number of nitrogens with one attached hydrogen (secondary N) is 2. The summed E-state index contributed by atoms with van der Waals surface area (Å²) in [6.45, 7) is 45.8. The van der Waals surface area contributed by atoms with Crippen molar-refractivity contribution in [3.05, 3.63) is 0 Å². The van der Waals surface area contributed by atoms with Gasteiger partial charge < -0.3 is 99.0 Å². The van der Waals surface area contributed by atoms with Gasteiger partial charge in [-0.3, -0.25) is 24.3 Å². The number of thioether (sulfide) groups is 2. The molecular formula is C57H124LiN15O4S6. The molecule has 0 aromatic rings. The molecule has 14 N–H and O–H groups in total. The SMILES string of the molecule is CCCCN(CCC)C(=S)[S-].CCN(CC)C(=S)SCCOC(=O)C(C)(CCCOC(=O)C(C)C(C)C)SC(=S)N(CC)CC.NCCCCCN(CCN(CCN)CCN)CCN(CCNCCN)CCNCCN(CCN)CCN.[Li+]. The second-order valence-electron chi connectivity index (χ2n) is 20.8. The van der Waals surface area contributed by atoms with Crippen LogP contribution in [-0.4, -0.2) is 266 Å². The molecule has 0 saturated carbocycles. The Kier molecular flexibility index (Phi) is 66.4. The van der Waals surface area contributed by atoms with E-state index in [2.05, 4.69) is 67.7 Å². The molecule has 0 heterocycles.